The molecule has 4 nitrogen and oxygen atoms in total. The molecule has 1 fully saturated rings. The number of amides is 2. The smallest absolute Gasteiger partial charge is 0.242 e. The Morgan fingerprint density at radius 3 is 3.00 bits per heavy atom. The van der Waals surface area contributed by atoms with Gasteiger partial charge >= 0.3 is 0 Å². The molecule has 0 bridgehead atoms. The lowest BCUT2D eigenvalue weighted by atomic mass is 10.1. The molecule has 2 unspecified atom stereocenters. The number of terminal acetylenes is 1. The molecular formula is C11H16N2O2. The predicted molar refractivity (Wildman–Crippen MR) is 56.8 cm³/mol. The van der Waals surface area contributed by atoms with Crippen LogP contribution in [0.2, 0.25) is 0 Å². The van der Waals surface area contributed by atoms with Gasteiger partial charge in [0, 0.05) is 18.9 Å². The lowest BCUT2D eigenvalue weighted by Gasteiger charge is -2.17. The summed E-state index contributed by atoms with van der Waals surface area (Å²) < 4.78 is 0. The number of hydrogen-bond acceptors (Lipinski definition) is 2. The van der Waals surface area contributed by atoms with Gasteiger partial charge in [0.2, 0.25) is 11.8 Å². The molecule has 0 aromatic heterocycles. The van der Waals surface area contributed by atoms with E-state index in [4.69, 9.17) is 6.42 Å². The standard InChI is InChI=1S/C11H16N2O2/c1-3-5-8(4-2)12-11(15)9-6-7-10(14)13-9/h1,8-9H,4-7H2,2H3,(H,12,15)(H,13,14). The molecule has 0 radical (unpaired) electrons. The maximum absolute atomic E-state index is 11.6. The molecule has 15 heavy (non-hydrogen) atoms. The number of carbonyl (C=O) groups excluding carboxylic acids is 2. The van der Waals surface area contributed by atoms with Gasteiger partial charge in [0.1, 0.15) is 6.04 Å². The van der Waals surface area contributed by atoms with E-state index < -0.39 is 0 Å². The molecule has 1 heterocycles. The first-order valence-corrected chi connectivity index (χ1v) is 5.20. The van der Waals surface area contributed by atoms with Crippen LogP contribution in [0.3, 0.4) is 0 Å². The van der Waals surface area contributed by atoms with Crippen LogP contribution < -0.4 is 10.6 Å². The number of hydrogen-bond donors (Lipinski definition) is 2. The normalized spacial score (nSPS) is 21.6. The SMILES string of the molecule is C#CCC(CC)NC(=O)C1CCC(=O)N1. The molecule has 0 aromatic carbocycles. The summed E-state index contributed by atoms with van der Waals surface area (Å²) in [7, 11) is 0. The Hall–Kier alpha value is -1.50. The second-order valence-electron chi connectivity index (χ2n) is 3.68. The monoisotopic (exact) mass is 208 g/mol. The highest BCUT2D eigenvalue weighted by atomic mass is 16.2. The first kappa shape index (κ1) is 11.6. The summed E-state index contributed by atoms with van der Waals surface area (Å²) >= 11 is 0. The van der Waals surface area contributed by atoms with E-state index in [0.29, 0.717) is 19.3 Å². The number of rotatable bonds is 4. The van der Waals surface area contributed by atoms with Crippen molar-refractivity contribution in [3.8, 4) is 12.3 Å². The van der Waals surface area contributed by atoms with Gasteiger partial charge in [-0.05, 0) is 12.8 Å². The third-order valence-corrected chi connectivity index (χ3v) is 2.52. The minimum atomic E-state index is -0.371. The number of carbonyl (C=O) groups is 2. The average molecular weight is 208 g/mol. The van der Waals surface area contributed by atoms with E-state index in [1.165, 1.54) is 0 Å². The highest BCUT2D eigenvalue weighted by molar-refractivity contribution is 5.90. The Kier molecular flexibility index (Phi) is 4.17. The summed E-state index contributed by atoms with van der Waals surface area (Å²) in [5, 5.41) is 5.46. The van der Waals surface area contributed by atoms with Crippen molar-refractivity contribution in [3.05, 3.63) is 0 Å². The van der Waals surface area contributed by atoms with Gasteiger partial charge in [-0.2, -0.15) is 0 Å². The van der Waals surface area contributed by atoms with E-state index in [1.54, 1.807) is 0 Å². The molecule has 2 amide bonds. The Morgan fingerprint density at radius 1 is 1.80 bits per heavy atom. The van der Waals surface area contributed by atoms with Gasteiger partial charge < -0.3 is 10.6 Å². The lowest BCUT2D eigenvalue weighted by molar-refractivity contribution is -0.126. The molecule has 0 aromatic rings. The number of nitrogens with one attached hydrogen (secondary N) is 2. The van der Waals surface area contributed by atoms with Crippen LogP contribution in [-0.4, -0.2) is 23.9 Å². The summed E-state index contributed by atoms with van der Waals surface area (Å²) in [5.74, 6) is 2.34. The third kappa shape index (κ3) is 3.28. The van der Waals surface area contributed by atoms with Gasteiger partial charge in [-0.3, -0.25) is 9.59 Å². The molecule has 1 aliphatic heterocycles. The second-order valence-corrected chi connectivity index (χ2v) is 3.68. The van der Waals surface area contributed by atoms with Gasteiger partial charge in [0.05, 0.1) is 0 Å². The summed E-state index contributed by atoms with van der Waals surface area (Å²) in [6.45, 7) is 1.97. The minimum Gasteiger partial charge on any atom is -0.351 e. The fourth-order valence-electron chi connectivity index (χ4n) is 1.55. The molecule has 0 saturated carbocycles. The Balaban J connectivity index is 2.41. The molecule has 1 rings (SSSR count). The van der Waals surface area contributed by atoms with Crippen molar-refractivity contribution in [1.82, 2.24) is 10.6 Å². The molecule has 1 aliphatic rings. The van der Waals surface area contributed by atoms with E-state index in [9.17, 15) is 9.59 Å². The lowest BCUT2D eigenvalue weighted by Crippen LogP contribution is -2.45. The zero-order valence-electron chi connectivity index (χ0n) is 8.88. The first-order valence-electron chi connectivity index (χ1n) is 5.20. The van der Waals surface area contributed by atoms with Crippen LogP contribution in [0.5, 0.6) is 0 Å². The van der Waals surface area contributed by atoms with Crippen molar-refractivity contribution < 1.29 is 9.59 Å². The van der Waals surface area contributed by atoms with Gasteiger partial charge in [-0.1, -0.05) is 6.92 Å². The maximum Gasteiger partial charge on any atom is 0.242 e. The molecule has 0 spiro atoms. The van der Waals surface area contributed by atoms with Crippen LogP contribution in [0.15, 0.2) is 0 Å². The molecule has 82 valence electrons. The van der Waals surface area contributed by atoms with Crippen LogP contribution in [0.1, 0.15) is 32.6 Å². The first-order chi connectivity index (χ1) is 7.17. The van der Waals surface area contributed by atoms with Gasteiger partial charge in [0.25, 0.3) is 0 Å². The van der Waals surface area contributed by atoms with Crippen molar-refractivity contribution in [2.45, 2.75) is 44.7 Å². The van der Waals surface area contributed by atoms with Crippen molar-refractivity contribution in [2.75, 3.05) is 0 Å². The highest BCUT2D eigenvalue weighted by Crippen LogP contribution is 2.07. The zero-order valence-corrected chi connectivity index (χ0v) is 8.88. The van der Waals surface area contributed by atoms with Gasteiger partial charge in [-0.15, -0.1) is 12.3 Å². The van der Waals surface area contributed by atoms with Crippen molar-refractivity contribution in [1.29, 1.82) is 0 Å². The van der Waals surface area contributed by atoms with Crippen molar-refractivity contribution >= 4 is 11.8 Å². The molecule has 1 saturated heterocycles. The molecular weight excluding hydrogens is 192 g/mol. The van der Waals surface area contributed by atoms with E-state index >= 15 is 0 Å². The third-order valence-electron chi connectivity index (χ3n) is 2.52. The molecule has 0 aliphatic carbocycles. The second kappa shape index (κ2) is 5.40. The van der Waals surface area contributed by atoms with Crippen LogP contribution in [0.4, 0.5) is 0 Å². The summed E-state index contributed by atoms with van der Waals surface area (Å²) in [6.07, 6.45) is 7.53. The minimum absolute atomic E-state index is 0.0139. The highest BCUT2D eigenvalue weighted by Gasteiger charge is 2.27. The largest absolute Gasteiger partial charge is 0.351 e. The summed E-state index contributed by atoms with van der Waals surface area (Å²) in [4.78, 5) is 22.6. The average Bonchev–Trinajstić information content (AvgIpc) is 2.64. The van der Waals surface area contributed by atoms with Crippen LogP contribution >= 0.6 is 0 Å². The molecule has 2 atom stereocenters. The van der Waals surface area contributed by atoms with Crippen LogP contribution in [-0.2, 0) is 9.59 Å². The zero-order chi connectivity index (χ0) is 11.3. The quantitative estimate of drug-likeness (QED) is 0.648. The Morgan fingerprint density at radius 2 is 2.53 bits per heavy atom. The van der Waals surface area contributed by atoms with Crippen molar-refractivity contribution in [3.63, 3.8) is 0 Å². The van der Waals surface area contributed by atoms with Crippen LogP contribution in [0.25, 0.3) is 0 Å². The van der Waals surface area contributed by atoms with Crippen molar-refractivity contribution in [2.24, 2.45) is 0 Å². The Labute approximate surface area is 89.8 Å². The van der Waals surface area contributed by atoms with E-state index in [1.807, 2.05) is 6.92 Å². The topological polar surface area (TPSA) is 58.2 Å². The van der Waals surface area contributed by atoms with Crippen LogP contribution in [0, 0.1) is 12.3 Å². The van der Waals surface area contributed by atoms with E-state index in [-0.39, 0.29) is 23.9 Å². The predicted octanol–water partition coefficient (Wildman–Crippen LogP) is 0.183. The summed E-state index contributed by atoms with van der Waals surface area (Å²) in [5.41, 5.74) is 0. The van der Waals surface area contributed by atoms with Gasteiger partial charge in [0.15, 0.2) is 0 Å². The fourth-order valence-corrected chi connectivity index (χ4v) is 1.55. The Bertz CT molecular complexity index is 293. The molecule has 2 N–H and O–H groups in total. The van der Waals surface area contributed by atoms with E-state index in [2.05, 4.69) is 16.6 Å². The van der Waals surface area contributed by atoms with E-state index in [0.717, 1.165) is 6.42 Å². The maximum atomic E-state index is 11.6. The fraction of sp³-hybridized carbons (Fsp3) is 0.636. The van der Waals surface area contributed by atoms with Gasteiger partial charge in [-0.25, -0.2) is 0 Å². The summed E-state index contributed by atoms with van der Waals surface area (Å²) in [6, 6.07) is -0.357. The molecule has 4 heteroatoms.